The minimum atomic E-state index is -0.791. The van der Waals surface area contributed by atoms with Gasteiger partial charge in [0.1, 0.15) is 12.1 Å². The summed E-state index contributed by atoms with van der Waals surface area (Å²) in [7, 11) is 0. The number of primary amides is 1. The lowest BCUT2D eigenvalue weighted by molar-refractivity contribution is -0.147. The first-order chi connectivity index (χ1) is 18.7. The average molecular weight is 564 g/mol. The van der Waals surface area contributed by atoms with Crippen LogP contribution in [0.3, 0.4) is 0 Å². The number of nitrogens with two attached hydrogens (primary N) is 3. The van der Waals surface area contributed by atoms with Gasteiger partial charge in [0, 0.05) is 31.3 Å². The molecule has 2 unspecified atom stereocenters. The minimum absolute atomic E-state index is 0.0188. The molecule has 11 nitrogen and oxygen atoms in total. The summed E-state index contributed by atoms with van der Waals surface area (Å²) >= 11 is 1.66. The molecule has 0 aromatic heterocycles. The van der Waals surface area contributed by atoms with Gasteiger partial charge in [0.25, 0.3) is 0 Å². The van der Waals surface area contributed by atoms with E-state index in [1.807, 2.05) is 4.90 Å². The van der Waals surface area contributed by atoms with E-state index in [0.29, 0.717) is 50.4 Å². The molecule has 7 N–H and O–H groups in total. The lowest BCUT2D eigenvalue weighted by Gasteiger charge is -2.39. The van der Waals surface area contributed by atoms with Crippen molar-refractivity contribution in [3.63, 3.8) is 0 Å². The molecule has 4 aliphatic rings. The molecule has 0 aromatic rings. The molecular formula is C27H45N7O4S. The van der Waals surface area contributed by atoms with Crippen molar-refractivity contribution >= 4 is 41.4 Å². The maximum absolute atomic E-state index is 13.6. The Hall–Kier alpha value is -2.50. The van der Waals surface area contributed by atoms with Gasteiger partial charge in [-0.1, -0.05) is 32.1 Å². The summed E-state index contributed by atoms with van der Waals surface area (Å²) in [5, 5.41) is 2.99. The first kappa shape index (κ1) is 29.5. The number of guanidine groups is 1. The second-order valence-electron chi connectivity index (χ2n) is 11.6. The molecule has 3 heterocycles. The number of likely N-dealkylation sites (tertiary alicyclic amines) is 1. The molecule has 39 heavy (non-hydrogen) atoms. The maximum atomic E-state index is 13.6. The Morgan fingerprint density at radius 3 is 2.51 bits per heavy atom. The van der Waals surface area contributed by atoms with Crippen LogP contribution in [0.5, 0.6) is 0 Å². The molecule has 0 aromatic carbocycles. The Morgan fingerprint density at radius 1 is 1.03 bits per heavy atom. The fourth-order valence-corrected chi connectivity index (χ4v) is 8.09. The van der Waals surface area contributed by atoms with Gasteiger partial charge in [0.2, 0.25) is 23.6 Å². The molecule has 5 atom stereocenters. The van der Waals surface area contributed by atoms with E-state index in [2.05, 4.69) is 10.3 Å². The highest BCUT2D eigenvalue weighted by molar-refractivity contribution is 8.00. The Morgan fingerprint density at radius 2 is 1.79 bits per heavy atom. The van der Waals surface area contributed by atoms with Crippen LogP contribution in [-0.2, 0) is 19.2 Å². The first-order valence-electron chi connectivity index (χ1n) is 14.6. The summed E-state index contributed by atoms with van der Waals surface area (Å²) in [4.78, 5) is 60.0. The quantitative estimate of drug-likeness (QED) is 0.173. The first-order valence-corrected chi connectivity index (χ1v) is 15.7. The standard InChI is InChI=1S/C27H45N7O4S/c28-23(35)19-8-5-13-33(15-19)26(38)20(9-4-12-31-27(29)30)32-24(36)21-16-39-22-11-10-18(25(37)34(21)22)14-17-6-2-1-3-7-17/h17-22H,1-16H2,(H2,28,35)(H,32,36)(H4,29,30,31)/t18-,19?,20-,21-,22?/m0/s1. The zero-order valence-electron chi connectivity index (χ0n) is 22.9. The van der Waals surface area contributed by atoms with Crippen LogP contribution < -0.4 is 22.5 Å². The van der Waals surface area contributed by atoms with Crippen LogP contribution in [0.4, 0.5) is 0 Å². The lowest BCUT2D eigenvalue weighted by Crippen LogP contribution is -2.58. The predicted octanol–water partition coefficient (Wildman–Crippen LogP) is 0.899. The van der Waals surface area contributed by atoms with Crippen LogP contribution in [-0.4, -0.2) is 82.2 Å². The Bertz CT molecular complexity index is 937. The van der Waals surface area contributed by atoms with Gasteiger partial charge in [-0.05, 0) is 50.9 Å². The molecule has 3 aliphatic heterocycles. The second kappa shape index (κ2) is 13.7. The monoisotopic (exact) mass is 563 g/mol. The number of carbonyl (C=O) groups is 4. The third-order valence-electron chi connectivity index (χ3n) is 8.80. The number of piperidine rings is 2. The number of nitrogens with one attached hydrogen (secondary N) is 1. The van der Waals surface area contributed by atoms with E-state index in [9.17, 15) is 19.2 Å². The Balaban J connectivity index is 1.42. The molecule has 4 rings (SSSR count). The van der Waals surface area contributed by atoms with Gasteiger partial charge in [-0.25, -0.2) is 0 Å². The number of hydrogen-bond donors (Lipinski definition) is 4. The Kier molecular flexibility index (Phi) is 10.4. The molecule has 4 fully saturated rings. The number of fused-ring (bicyclic) bond motifs is 1. The van der Waals surface area contributed by atoms with Crippen molar-refractivity contribution in [2.75, 3.05) is 25.4 Å². The third-order valence-corrected chi connectivity index (χ3v) is 10.2. The van der Waals surface area contributed by atoms with Crippen molar-refractivity contribution in [1.82, 2.24) is 15.1 Å². The topological polar surface area (TPSA) is 177 Å². The molecular weight excluding hydrogens is 518 g/mol. The third kappa shape index (κ3) is 7.58. The molecule has 12 heteroatoms. The summed E-state index contributed by atoms with van der Waals surface area (Å²) in [5.41, 5.74) is 16.4. The van der Waals surface area contributed by atoms with E-state index in [1.54, 1.807) is 16.7 Å². The van der Waals surface area contributed by atoms with E-state index in [0.717, 1.165) is 19.3 Å². The molecule has 1 aliphatic carbocycles. The summed E-state index contributed by atoms with van der Waals surface area (Å²) in [6, 6.07) is -1.38. The highest BCUT2D eigenvalue weighted by Gasteiger charge is 2.47. The van der Waals surface area contributed by atoms with Gasteiger partial charge >= 0.3 is 0 Å². The van der Waals surface area contributed by atoms with Crippen LogP contribution >= 0.6 is 11.8 Å². The summed E-state index contributed by atoms with van der Waals surface area (Å²) in [6.45, 7) is 1.10. The van der Waals surface area contributed by atoms with E-state index < -0.39 is 18.0 Å². The normalized spacial score (nSPS) is 28.5. The van der Waals surface area contributed by atoms with E-state index in [4.69, 9.17) is 17.2 Å². The second-order valence-corrected chi connectivity index (χ2v) is 12.8. The fraction of sp³-hybridized carbons (Fsp3) is 0.815. The molecule has 0 radical (unpaired) electrons. The lowest BCUT2D eigenvalue weighted by atomic mass is 9.80. The Labute approximate surface area is 235 Å². The van der Waals surface area contributed by atoms with Crippen LogP contribution in [0.2, 0.25) is 0 Å². The van der Waals surface area contributed by atoms with Gasteiger partial charge in [0.05, 0.1) is 11.3 Å². The number of aliphatic imine (C=N–C) groups is 1. The summed E-state index contributed by atoms with van der Waals surface area (Å²) in [5.74, 6) is -0.147. The van der Waals surface area contributed by atoms with Crippen molar-refractivity contribution < 1.29 is 19.2 Å². The van der Waals surface area contributed by atoms with Gasteiger partial charge < -0.3 is 32.3 Å². The molecule has 0 spiro atoms. The molecule has 4 amide bonds. The highest BCUT2D eigenvalue weighted by atomic mass is 32.2. The van der Waals surface area contributed by atoms with E-state index >= 15 is 0 Å². The molecule has 0 bridgehead atoms. The number of hydrogen-bond acceptors (Lipinski definition) is 6. The molecule has 218 valence electrons. The van der Waals surface area contributed by atoms with Crippen molar-refractivity contribution in [1.29, 1.82) is 0 Å². The predicted molar refractivity (Wildman–Crippen MR) is 151 cm³/mol. The van der Waals surface area contributed by atoms with Crippen molar-refractivity contribution in [3.8, 4) is 0 Å². The molecule has 3 saturated heterocycles. The number of thioether (sulfide) groups is 1. The van der Waals surface area contributed by atoms with Crippen LogP contribution in [0.1, 0.15) is 77.0 Å². The highest BCUT2D eigenvalue weighted by Crippen LogP contribution is 2.41. The van der Waals surface area contributed by atoms with Crippen LogP contribution in [0.15, 0.2) is 4.99 Å². The summed E-state index contributed by atoms with van der Waals surface area (Å²) < 4.78 is 0. The van der Waals surface area contributed by atoms with Gasteiger partial charge in [-0.2, -0.15) is 0 Å². The van der Waals surface area contributed by atoms with Gasteiger partial charge in [0.15, 0.2) is 5.96 Å². The number of nitrogens with zero attached hydrogens (tertiary/aromatic N) is 3. The molecule has 1 saturated carbocycles. The number of carbonyl (C=O) groups excluding carboxylic acids is 4. The largest absolute Gasteiger partial charge is 0.370 e. The smallest absolute Gasteiger partial charge is 0.245 e. The maximum Gasteiger partial charge on any atom is 0.245 e. The SMILES string of the molecule is NC(=O)C1CCCN(C(=O)[C@H](CCCN=C(N)N)NC(=O)[C@@H]2CSC3CC[C@@H](CC4CCCCC4)C(=O)N32)C1. The van der Waals surface area contributed by atoms with Crippen molar-refractivity contribution in [2.45, 2.75) is 94.5 Å². The van der Waals surface area contributed by atoms with E-state index in [-0.39, 0.29) is 47.4 Å². The fourth-order valence-electron chi connectivity index (χ4n) is 6.66. The van der Waals surface area contributed by atoms with E-state index in [1.165, 1.54) is 32.1 Å². The average Bonchev–Trinajstić information content (AvgIpc) is 3.37. The van der Waals surface area contributed by atoms with Crippen molar-refractivity contribution in [2.24, 2.45) is 39.9 Å². The number of rotatable bonds is 10. The van der Waals surface area contributed by atoms with Gasteiger partial charge in [-0.15, -0.1) is 11.8 Å². The number of amides is 4. The summed E-state index contributed by atoms with van der Waals surface area (Å²) in [6.07, 6.45) is 11.1. The van der Waals surface area contributed by atoms with Crippen molar-refractivity contribution in [3.05, 3.63) is 0 Å². The van der Waals surface area contributed by atoms with Crippen LogP contribution in [0, 0.1) is 17.8 Å². The zero-order valence-corrected chi connectivity index (χ0v) is 23.7. The van der Waals surface area contributed by atoms with Gasteiger partial charge in [-0.3, -0.25) is 24.2 Å². The van der Waals surface area contributed by atoms with Crippen LogP contribution in [0.25, 0.3) is 0 Å². The minimum Gasteiger partial charge on any atom is -0.370 e. The zero-order chi connectivity index (χ0) is 27.9.